The molecule has 0 atom stereocenters. The number of rotatable bonds is 2. The molecule has 0 saturated heterocycles. The number of aryl methyl sites for hydroxylation is 1. The highest BCUT2D eigenvalue weighted by Crippen LogP contribution is 2.68. The number of anilines is 2. The van der Waals surface area contributed by atoms with E-state index in [9.17, 15) is 4.79 Å². The third-order valence-electron chi connectivity index (χ3n) is 4.86. The predicted molar refractivity (Wildman–Crippen MR) is 83.0 cm³/mol. The molecule has 4 heteroatoms. The molecule has 0 bridgehead atoms. The van der Waals surface area contributed by atoms with Gasteiger partial charge in [0.25, 0.3) is 0 Å². The molecule has 1 amide bonds. The number of nitrogen functional groups attached to an aromatic ring is 1. The summed E-state index contributed by atoms with van der Waals surface area (Å²) in [6.45, 7) is 10.5. The van der Waals surface area contributed by atoms with Gasteiger partial charge in [0.05, 0.1) is 11.4 Å². The number of nitrogens with two attached hydrogens (primary N) is 1. The Labute approximate surface area is 123 Å². The van der Waals surface area contributed by atoms with Gasteiger partial charge < -0.3 is 11.1 Å². The van der Waals surface area contributed by atoms with Gasteiger partial charge in [-0.1, -0.05) is 43.6 Å². The lowest BCUT2D eigenvalue weighted by molar-refractivity contribution is -0.118. The van der Waals surface area contributed by atoms with Crippen molar-refractivity contribution in [2.45, 2.75) is 34.6 Å². The van der Waals surface area contributed by atoms with Crippen molar-refractivity contribution >= 4 is 33.2 Å². The van der Waals surface area contributed by atoms with Crippen LogP contribution in [-0.4, -0.2) is 5.91 Å². The molecule has 1 aromatic rings. The fourth-order valence-corrected chi connectivity index (χ4v) is 3.58. The molecule has 0 aromatic heterocycles. The maximum Gasteiger partial charge on any atom is 0.228 e. The Morgan fingerprint density at radius 1 is 1.26 bits per heavy atom. The minimum Gasteiger partial charge on any atom is -0.397 e. The van der Waals surface area contributed by atoms with Gasteiger partial charge in [0.15, 0.2) is 0 Å². The first-order valence-corrected chi connectivity index (χ1v) is 7.25. The molecule has 0 radical (unpaired) electrons. The molecule has 3 N–H and O–H groups in total. The number of carbonyl (C=O) groups is 1. The van der Waals surface area contributed by atoms with Gasteiger partial charge in [0, 0.05) is 10.4 Å². The van der Waals surface area contributed by atoms with E-state index in [1.54, 1.807) is 0 Å². The van der Waals surface area contributed by atoms with Crippen LogP contribution in [0.25, 0.3) is 0 Å². The largest absolute Gasteiger partial charge is 0.397 e. The van der Waals surface area contributed by atoms with Gasteiger partial charge >= 0.3 is 0 Å². The monoisotopic (exact) mass is 324 g/mol. The number of benzene rings is 1. The van der Waals surface area contributed by atoms with Crippen LogP contribution < -0.4 is 11.1 Å². The highest BCUT2D eigenvalue weighted by Gasteiger charge is 2.68. The molecule has 0 spiro atoms. The van der Waals surface area contributed by atoms with Crippen LogP contribution in [0, 0.1) is 23.7 Å². The average Bonchev–Trinajstić information content (AvgIpc) is 2.63. The molecule has 0 unspecified atom stereocenters. The predicted octanol–water partition coefficient (Wildman–Crippen LogP) is 3.96. The molecule has 1 fully saturated rings. The van der Waals surface area contributed by atoms with E-state index in [1.807, 2.05) is 19.1 Å². The van der Waals surface area contributed by atoms with Gasteiger partial charge in [-0.05, 0) is 35.4 Å². The maximum absolute atomic E-state index is 12.4. The minimum atomic E-state index is 0.0300. The zero-order valence-corrected chi connectivity index (χ0v) is 13.7. The summed E-state index contributed by atoms with van der Waals surface area (Å²) in [5.74, 6) is 0.0922. The third-order valence-corrected chi connectivity index (χ3v) is 5.32. The van der Waals surface area contributed by atoms with E-state index in [2.05, 4.69) is 48.9 Å². The second-order valence-corrected chi connectivity index (χ2v) is 7.47. The Balaban J connectivity index is 2.23. The van der Waals surface area contributed by atoms with Crippen molar-refractivity contribution in [2.24, 2.45) is 16.7 Å². The van der Waals surface area contributed by atoms with Gasteiger partial charge in [-0.2, -0.15) is 0 Å². The number of hydrogen-bond acceptors (Lipinski definition) is 2. The Kier molecular flexibility index (Phi) is 3.21. The van der Waals surface area contributed by atoms with Gasteiger partial charge in [0.2, 0.25) is 5.91 Å². The van der Waals surface area contributed by atoms with Crippen molar-refractivity contribution in [1.82, 2.24) is 0 Å². The Hall–Kier alpha value is -1.03. The molecule has 1 saturated carbocycles. The lowest BCUT2D eigenvalue weighted by Crippen LogP contribution is -2.19. The number of halogens is 1. The van der Waals surface area contributed by atoms with E-state index >= 15 is 0 Å². The molecule has 3 nitrogen and oxygen atoms in total. The highest BCUT2D eigenvalue weighted by atomic mass is 79.9. The normalized spacial score (nSPS) is 20.1. The van der Waals surface area contributed by atoms with E-state index in [4.69, 9.17) is 5.73 Å². The van der Waals surface area contributed by atoms with Crippen LogP contribution in [0.1, 0.15) is 33.3 Å². The summed E-state index contributed by atoms with van der Waals surface area (Å²) in [6.07, 6.45) is 0. The van der Waals surface area contributed by atoms with Crippen LogP contribution in [0.3, 0.4) is 0 Å². The van der Waals surface area contributed by atoms with Crippen LogP contribution in [0.4, 0.5) is 11.4 Å². The van der Waals surface area contributed by atoms with E-state index in [0.29, 0.717) is 5.69 Å². The van der Waals surface area contributed by atoms with Crippen LogP contribution >= 0.6 is 15.9 Å². The number of hydrogen-bond donors (Lipinski definition) is 2. The molecule has 2 rings (SSSR count). The van der Waals surface area contributed by atoms with Crippen molar-refractivity contribution in [3.05, 3.63) is 22.2 Å². The zero-order chi connectivity index (χ0) is 14.6. The van der Waals surface area contributed by atoms with Crippen molar-refractivity contribution < 1.29 is 4.79 Å². The van der Waals surface area contributed by atoms with Crippen LogP contribution in [0.15, 0.2) is 16.6 Å². The highest BCUT2D eigenvalue weighted by molar-refractivity contribution is 9.10. The molecule has 19 heavy (non-hydrogen) atoms. The average molecular weight is 325 g/mol. The first-order valence-electron chi connectivity index (χ1n) is 6.45. The second-order valence-electron chi connectivity index (χ2n) is 6.55. The molecule has 0 aliphatic heterocycles. The van der Waals surface area contributed by atoms with E-state index < -0.39 is 0 Å². The summed E-state index contributed by atoms with van der Waals surface area (Å²) in [7, 11) is 0. The molecular formula is C15H21BrN2O. The number of nitrogens with one attached hydrogen (secondary N) is 1. The summed E-state index contributed by atoms with van der Waals surface area (Å²) in [4.78, 5) is 12.4. The Morgan fingerprint density at radius 2 is 1.79 bits per heavy atom. The molecular weight excluding hydrogens is 304 g/mol. The molecule has 104 valence electrons. The van der Waals surface area contributed by atoms with Gasteiger partial charge in [-0.15, -0.1) is 0 Å². The van der Waals surface area contributed by atoms with Crippen molar-refractivity contribution in [2.75, 3.05) is 11.1 Å². The smallest absolute Gasteiger partial charge is 0.228 e. The third kappa shape index (κ3) is 2.16. The van der Waals surface area contributed by atoms with Crippen molar-refractivity contribution in [3.63, 3.8) is 0 Å². The van der Waals surface area contributed by atoms with Crippen molar-refractivity contribution in [3.8, 4) is 0 Å². The Bertz CT molecular complexity index is 512. The van der Waals surface area contributed by atoms with Gasteiger partial charge in [-0.3, -0.25) is 4.79 Å². The summed E-state index contributed by atoms with van der Waals surface area (Å²) < 4.78 is 0.924. The van der Waals surface area contributed by atoms with E-state index in [-0.39, 0.29) is 22.7 Å². The number of amides is 1. The van der Waals surface area contributed by atoms with Crippen LogP contribution in [0.2, 0.25) is 0 Å². The maximum atomic E-state index is 12.4. The molecule has 1 aliphatic carbocycles. The van der Waals surface area contributed by atoms with Crippen LogP contribution in [-0.2, 0) is 4.79 Å². The Morgan fingerprint density at radius 3 is 2.21 bits per heavy atom. The zero-order valence-electron chi connectivity index (χ0n) is 12.1. The standard InChI is InChI=1S/C15H21BrN2O/c1-8-6-9(16)7-10(17)11(8)18-13(19)12-14(2,3)15(12,4)5/h6-7,12H,17H2,1-5H3,(H,18,19). The molecule has 1 aromatic carbocycles. The molecule has 0 heterocycles. The minimum absolute atomic E-state index is 0.0300. The van der Waals surface area contributed by atoms with E-state index in [1.165, 1.54) is 0 Å². The summed E-state index contributed by atoms with van der Waals surface area (Å²) in [6, 6.07) is 3.76. The van der Waals surface area contributed by atoms with Gasteiger partial charge in [-0.25, -0.2) is 0 Å². The second kappa shape index (κ2) is 4.23. The van der Waals surface area contributed by atoms with Gasteiger partial charge in [0.1, 0.15) is 0 Å². The first-order chi connectivity index (χ1) is 8.59. The van der Waals surface area contributed by atoms with Crippen molar-refractivity contribution in [1.29, 1.82) is 0 Å². The summed E-state index contributed by atoms with van der Waals surface area (Å²) in [5.41, 5.74) is 8.35. The molecule has 1 aliphatic rings. The van der Waals surface area contributed by atoms with E-state index in [0.717, 1.165) is 15.7 Å². The lowest BCUT2D eigenvalue weighted by Gasteiger charge is -2.13. The lowest BCUT2D eigenvalue weighted by atomic mass is 10.0. The van der Waals surface area contributed by atoms with Crippen LogP contribution in [0.5, 0.6) is 0 Å². The SMILES string of the molecule is Cc1cc(Br)cc(N)c1NC(=O)C1C(C)(C)C1(C)C. The topological polar surface area (TPSA) is 55.1 Å². The summed E-state index contributed by atoms with van der Waals surface area (Å²) >= 11 is 3.40. The first kappa shape index (κ1) is 14.4. The quantitative estimate of drug-likeness (QED) is 0.809. The fraction of sp³-hybridized carbons (Fsp3) is 0.533. The number of carbonyl (C=O) groups excluding carboxylic acids is 1. The summed E-state index contributed by atoms with van der Waals surface area (Å²) in [5, 5.41) is 2.99. The fourth-order valence-electron chi connectivity index (χ4n) is 2.99.